The van der Waals surface area contributed by atoms with Crippen molar-refractivity contribution in [3.05, 3.63) is 47.7 Å². The fourth-order valence-electron chi connectivity index (χ4n) is 3.49. The summed E-state index contributed by atoms with van der Waals surface area (Å²) >= 11 is 1.01. The largest absolute Gasteiger partial charge is 0.466 e. The fraction of sp³-hybridized carbons (Fsp3) is 0.300. The van der Waals surface area contributed by atoms with Crippen molar-refractivity contribution in [2.75, 3.05) is 19.5 Å². The average molecular weight is 443 g/mol. The number of nitrogens with two attached hydrogens (primary N) is 1. The van der Waals surface area contributed by atoms with Crippen LogP contribution in [0, 0.1) is 11.3 Å². The van der Waals surface area contributed by atoms with E-state index >= 15 is 0 Å². The SMILES string of the molecule is C=CCOC(=O)C1C(C)=NC(CSC(=N)N)=C(C(=O)OC)C1c1cccc2nonc12. The van der Waals surface area contributed by atoms with E-state index in [1.807, 2.05) is 0 Å². The van der Waals surface area contributed by atoms with E-state index in [-0.39, 0.29) is 23.1 Å². The fourth-order valence-corrected chi connectivity index (χ4v) is 4.00. The summed E-state index contributed by atoms with van der Waals surface area (Å²) in [6.07, 6.45) is 1.45. The number of carbonyl (C=O) groups is 2. The molecule has 3 N–H and O–H groups in total. The van der Waals surface area contributed by atoms with Gasteiger partial charge in [0.2, 0.25) is 0 Å². The summed E-state index contributed by atoms with van der Waals surface area (Å²) in [6.45, 7) is 5.25. The van der Waals surface area contributed by atoms with Gasteiger partial charge in [0.1, 0.15) is 23.6 Å². The van der Waals surface area contributed by atoms with E-state index in [2.05, 4.69) is 21.9 Å². The molecule has 31 heavy (non-hydrogen) atoms. The third-order valence-corrected chi connectivity index (χ3v) is 5.46. The van der Waals surface area contributed by atoms with E-state index in [1.54, 1.807) is 25.1 Å². The minimum absolute atomic E-state index is 0.00929. The first kappa shape index (κ1) is 22.2. The first-order chi connectivity index (χ1) is 14.9. The molecule has 3 rings (SSSR count). The Hall–Kier alpha value is -3.47. The summed E-state index contributed by atoms with van der Waals surface area (Å²) in [4.78, 5) is 30.4. The first-order valence-corrected chi connectivity index (χ1v) is 10.2. The molecule has 0 radical (unpaired) electrons. The lowest BCUT2D eigenvalue weighted by molar-refractivity contribution is -0.145. The predicted molar refractivity (Wildman–Crippen MR) is 116 cm³/mol. The van der Waals surface area contributed by atoms with Crippen LogP contribution in [-0.4, -0.2) is 52.6 Å². The molecular weight excluding hydrogens is 422 g/mol. The number of amidine groups is 1. The third-order valence-electron chi connectivity index (χ3n) is 4.74. The smallest absolute Gasteiger partial charge is 0.336 e. The molecule has 2 heterocycles. The molecule has 0 fully saturated rings. The second kappa shape index (κ2) is 9.56. The van der Waals surface area contributed by atoms with Crippen LogP contribution < -0.4 is 5.73 Å². The van der Waals surface area contributed by atoms with Gasteiger partial charge in [-0.05, 0) is 28.9 Å². The van der Waals surface area contributed by atoms with Crippen molar-refractivity contribution in [1.29, 1.82) is 5.41 Å². The summed E-state index contributed by atoms with van der Waals surface area (Å²) in [5.41, 5.74) is 7.86. The number of esters is 2. The molecule has 10 nitrogen and oxygen atoms in total. The van der Waals surface area contributed by atoms with Crippen LogP contribution in [-0.2, 0) is 19.1 Å². The second-order valence-electron chi connectivity index (χ2n) is 6.61. The number of nitrogens with one attached hydrogen (secondary N) is 1. The standard InChI is InChI=1S/C20H21N5O5S/c1-4-8-29-19(27)14-10(2)23-13(9-31-20(21)22)16(18(26)28-3)15(14)11-6-5-7-12-17(11)25-30-24-12/h4-7,14-15H,1,8-9H2,2-3H3,(H3,21,22). The summed E-state index contributed by atoms with van der Waals surface area (Å²) < 4.78 is 15.2. The van der Waals surface area contributed by atoms with Crippen LogP contribution in [0.5, 0.6) is 0 Å². The molecule has 2 atom stereocenters. The zero-order valence-corrected chi connectivity index (χ0v) is 17.8. The Labute approximate surface area is 182 Å². The number of hydrogen-bond donors (Lipinski definition) is 2. The summed E-state index contributed by atoms with van der Waals surface area (Å²) in [6, 6.07) is 5.18. The van der Waals surface area contributed by atoms with E-state index < -0.39 is 23.8 Å². The maximum atomic E-state index is 13.0. The number of aliphatic imine (C=N–C) groups is 1. The molecule has 11 heteroatoms. The molecule has 0 saturated carbocycles. The number of fused-ring (bicyclic) bond motifs is 1. The van der Waals surface area contributed by atoms with E-state index in [4.69, 9.17) is 25.2 Å². The van der Waals surface area contributed by atoms with Gasteiger partial charge in [0.05, 0.1) is 18.4 Å². The molecule has 0 spiro atoms. The molecule has 0 amide bonds. The highest BCUT2D eigenvalue weighted by molar-refractivity contribution is 8.13. The Bertz CT molecular complexity index is 1110. The molecular formula is C20H21N5O5S. The molecule has 1 aromatic carbocycles. The summed E-state index contributed by atoms with van der Waals surface area (Å²) in [7, 11) is 1.25. The lowest BCUT2D eigenvalue weighted by Gasteiger charge is -2.31. The molecule has 1 aromatic heterocycles. The summed E-state index contributed by atoms with van der Waals surface area (Å²) in [5, 5.41) is 15.2. The van der Waals surface area contributed by atoms with Gasteiger partial charge in [-0.3, -0.25) is 15.2 Å². The van der Waals surface area contributed by atoms with Crippen LogP contribution in [0.1, 0.15) is 18.4 Å². The molecule has 0 bridgehead atoms. The Kier molecular flexibility index (Phi) is 6.85. The van der Waals surface area contributed by atoms with E-state index in [0.29, 0.717) is 28.0 Å². The van der Waals surface area contributed by atoms with Crippen molar-refractivity contribution in [3.63, 3.8) is 0 Å². The van der Waals surface area contributed by atoms with Crippen molar-refractivity contribution < 1.29 is 23.7 Å². The van der Waals surface area contributed by atoms with Gasteiger partial charge in [-0.1, -0.05) is 36.5 Å². The number of ether oxygens (including phenoxy) is 2. The van der Waals surface area contributed by atoms with Gasteiger partial charge in [-0.15, -0.1) is 0 Å². The van der Waals surface area contributed by atoms with Gasteiger partial charge >= 0.3 is 11.9 Å². The van der Waals surface area contributed by atoms with Gasteiger partial charge in [-0.2, -0.15) is 0 Å². The number of rotatable bonds is 7. The molecule has 162 valence electrons. The van der Waals surface area contributed by atoms with Crippen molar-refractivity contribution in [1.82, 2.24) is 10.3 Å². The topological polar surface area (TPSA) is 154 Å². The van der Waals surface area contributed by atoms with Crippen molar-refractivity contribution >= 4 is 45.6 Å². The number of methoxy groups -OCH3 is 1. The maximum absolute atomic E-state index is 13.0. The van der Waals surface area contributed by atoms with Gasteiger partial charge in [0, 0.05) is 17.4 Å². The predicted octanol–water partition coefficient (Wildman–Crippen LogP) is 2.18. The van der Waals surface area contributed by atoms with Crippen molar-refractivity contribution in [2.24, 2.45) is 16.6 Å². The van der Waals surface area contributed by atoms with Crippen molar-refractivity contribution in [3.8, 4) is 0 Å². The van der Waals surface area contributed by atoms with Crippen LogP contribution in [0.3, 0.4) is 0 Å². The van der Waals surface area contributed by atoms with Crippen LogP contribution in [0.15, 0.2) is 51.7 Å². The van der Waals surface area contributed by atoms with E-state index in [1.165, 1.54) is 13.2 Å². The number of benzene rings is 1. The normalized spacial score (nSPS) is 18.5. The monoisotopic (exact) mass is 443 g/mol. The van der Waals surface area contributed by atoms with Crippen LogP contribution in [0.4, 0.5) is 0 Å². The molecule has 2 aromatic rings. The molecule has 0 saturated heterocycles. The van der Waals surface area contributed by atoms with Gasteiger partial charge in [-0.25, -0.2) is 9.42 Å². The summed E-state index contributed by atoms with van der Waals surface area (Å²) in [5.74, 6) is -2.81. The molecule has 2 unspecified atom stereocenters. The van der Waals surface area contributed by atoms with Gasteiger partial charge in [0.25, 0.3) is 0 Å². The highest BCUT2D eigenvalue weighted by atomic mass is 32.2. The van der Waals surface area contributed by atoms with Crippen molar-refractivity contribution in [2.45, 2.75) is 12.8 Å². The second-order valence-corrected chi connectivity index (χ2v) is 7.63. The lowest BCUT2D eigenvalue weighted by Crippen LogP contribution is -2.37. The number of carbonyl (C=O) groups excluding carboxylic acids is 2. The molecule has 1 aliphatic heterocycles. The Morgan fingerprint density at radius 2 is 2.16 bits per heavy atom. The number of hydrogen-bond acceptors (Lipinski definition) is 10. The minimum Gasteiger partial charge on any atom is -0.466 e. The molecule has 0 aliphatic carbocycles. The van der Waals surface area contributed by atoms with Crippen LogP contribution >= 0.6 is 11.8 Å². The Morgan fingerprint density at radius 3 is 2.84 bits per heavy atom. The van der Waals surface area contributed by atoms with Gasteiger partial charge in [0.15, 0.2) is 5.17 Å². The average Bonchev–Trinajstić information content (AvgIpc) is 3.23. The number of aromatic nitrogens is 2. The zero-order chi connectivity index (χ0) is 22.5. The lowest BCUT2D eigenvalue weighted by atomic mass is 9.75. The van der Waals surface area contributed by atoms with Crippen LogP contribution in [0.2, 0.25) is 0 Å². The third kappa shape index (κ3) is 4.50. The Balaban J connectivity index is 2.24. The van der Waals surface area contributed by atoms with Crippen LogP contribution in [0.25, 0.3) is 11.0 Å². The molecule has 1 aliphatic rings. The van der Waals surface area contributed by atoms with E-state index in [0.717, 1.165) is 11.8 Å². The Morgan fingerprint density at radius 1 is 1.39 bits per heavy atom. The highest BCUT2D eigenvalue weighted by Gasteiger charge is 2.44. The maximum Gasteiger partial charge on any atom is 0.336 e. The van der Waals surface area contributed by atoms with Gasteiger partial charge < -0.3 is 15.2 Å². The quantitative estimate of drug-likeness (QED) is 0.283. The highest BCUT2D eigenvalue weighted by Crippen LogP contribution is 2.42. The number of thioether (sulfide) groups is 1. The zero-order valence-electron chi connectivity index (χ0n) is 17.0. The minimum atomic E-state index is -0.914. The number of nitrogens with zero attached hydrogens (tertiary/aromatic N) is 3. The first-order valence-electron chi connectivity index (χ1n) is 9.21. The van der Waals surface area contributed by atoms with E-state index in [9.17, 15) is 9.59 Å².